The second kappa shape index (κ2) is 11.1. The summed E-state index contributed by atoms with van der Waals surface area (Å²) < 4.78 is 5.83. The fourth-order valence-corrected chi connectivity index (χ4v) is 4.90. The van der Waals surface area contributed by atoms with E-state index in [1.54, 1.807) is 6.26 Å². The number of fused-ring (bicyclic) bond motifs is 2. The molecule has 0 unspecified atom stereocenters. The van der Waals surface area contributed by atoms with E-state index < -0.39 is 0 Å². The lowest BCUT2D eigenvalue weighted by molar-refractivity contribution is 0.112. The van der Waals surface area contributed by atoms with Gasteiger partial charge in [0.2, 0.25) is 0 Å². The van der Waals surface area contributed by atoms with Gasteiger partial charge in [-0.3, -0.25) is 4.79 Å². The van der Waals surface area contributed by atoms with Crippen molar-refractivity contribution in [3.05, 3.63) is 156 Å². The highest BCUT2D eigenvalue weighted by Gasteiger charge is 2.12. The molecule has 0 saturated heterocycles. The predicted molar refractivity (Wildman–Crippen MR) is 162 cm³/mol. The van der Waals surface area contributed by atoms with Crippen LogP contribution in [-0.4, -0.2) is 6.29 Å². The highest BCUT2D eigenvalue weighted by Crippen LogP contribution is 2.35. The molecule has 0 atom stereocenters. The normalized spacial score (nSPS) is 11.2. The van der Waals surface area contributed by atoms with Crippen LogP contribution < -0.4 is 4.90 Å². The Morgan fingerprint density at radius 2 is 1.15 bits per heavy atom. The number of carbonyl (C=O) groups is 1. The zero-order valence-corrected chi connectivity index (χ0v) is 21.4. The molecule has 0 aliphatic heterocycles. The van der Waals surface area contributed by atoms with Crippen molar-refractivity contribution in [3.8, 4) is 0 Å². The molecule has 0 aromatic heterocycles. The zero-order valence-electron chi connectivity index (χ0n) is 21.4. The molecule has 6 rings (SSSR count). The molecular weight excluding hydrogens is 478 g/mol. The number of hydrogen-bond donors (Lipinski definition) is 0. The van der Waals surface area contributed by atoms with Crippen LogP contribution in [0.1, 0.15) is 21.5 Å². The maximum absolute atomic E-state index is 11.6. The SMILES string of the molecule is O=Cc1cc2ccccc2cc1CO/C=C\c1ccc2cc(N(c3ccccc3)c3ccccc3)ccc2c1. The van der Waals surface area contributed by atoms with Gasteiger partial charge in [0, 0.05) is 28.2 Å². The largest absolute Gasteiger partial charge is 0.496 e. The van der Waals surface area contributed by atoms with Gasteiger partial charge in [-0.25, -0.2) is 0 Å². The van der Waals surface area contributed by atoms with Gasteiger partial charge in [0.15, 0.2) is 0 Å². The van der Waals surface area contributed by atoms with Gasteiger partial charge < -0.3 is 9.64 Å². The molecule has 0 spiro atoms. The lowest BCUT2D eigenvalue weighted by Gasteiger charge is -2.25. The van der Waals surface area contributed by atoms with E-state index in [9.17, 15) is 4.79 Å². The van der Waals surface area contributed by atoms with Gasteiger partial charge in [0.05, 0.1) is 6.26 Å². The number of ether oxygens (including phenoxy) is 1. The first kappa shape index (κ1) is 24.2. The van der Waals surface area contributed by atoms with Crippen molar-refractivity contribution >= 4 is 51.0 Å². The summed E-state index contributed by atoms with van der Waals surface area (Å²) in [4.78, 5) is 13.9. The number of nitrogens with zero attached hydrogens (tertiary/aromatic N) is 1. The van der Waals surface area contributed by atoms with Crippen molar-refractivity contribution in [1.29, 1.82) is 0 Å². The summed E-state index contributed by atoms with van der Waals surface area (Å²) in [5, 5.41) is 4.46. The molecule has 0 aliphatic carbocycles. The monoisotopic (exact) mass is 505 g/mol. The van der Waals surface area contributed by atoms with Crippen LogP contribution >= 0.6 is 0 Å². The zero-order chi connectivity index (χ0) is 26.4. The van der Waals surface area contributed by atoms with Crippen molar-refractivity contribution in [3.63, 3.8) is 0 Å². The lowest BCUT2D eigenvalue weighted by atomic mass is 10.0. The second-order valence-electron chi connectivity index (χ2n) is 9.43. The van der Waals surface area contributed by atoms with E-state index in [0.29, 0.717) is 12.2 Å². The molecule has 0 bridgehead atoms. The van der Waals surface area contributed by atoms with Gasteiger partial charge in [-0.15, -0.1) is 0 Å². The molecule has 0 saturated carbocycles. The molecule has 3 heteroatoms. The Labute approximate surface area is 228 Å². The second-order valence-corrected chi connectivity index (χ2v) is 9.43. The lowest BCUT2D eigenvalue weighted by Crippen LogP contribution is -2.09. The molecule has 3 nitrogen and oxygen atoms in total. The summed E-state index contributed by atoms with van der Waals surface area (Å²) in [5.41, 5.74) is 5.91. The molecule has 6 aromatic carbocycles. The number of hydrogen-bond acceptors (Lipinski definition) is 3. The first-order chi connectivity index (χ1) is 19.3. The Morgan fingerprint density at radius 3 is 1.85 bits per heavy atom. The molecule has 0 fully saturated rings. The van der Waals surface area contributed by atoms with Gasteiger partial charge in [-0.1, -0.05) is 78.9 Å². The number of carbonyl (C=O) groups excluding carboxylic acids is 1. The molecule has 0 amide bonds. The number of aldehydes is 1. The van der Waals surface area contributed by atoms with E-state index in [1.807, 2.05) is 54.6 Å². The third kappa shape index (κ3) is 5.29. The molecule has 188 valence electrons. The Kier molecular flexibility index (Phi) is 6.87. The summed E-state index contributed by atoms with van der Waals surface area (Å²) in [5.74, 6) is 0. The van der Waals surface area contributed by atoms with Gasteiger partial charge in [0.1, 0.15) is 12.9 Å². The summed E-state index contributed by atoms with van der Waals surface area (Å²) in [6, 6.07) is 45.7. The van der Waals surface area contributed by atoms with Gasteiger partial charge in [-0.05, 0) is 87.8 Å². The standard InChI is InChI=1S/C36H27NO2/c38-25-32-22-28-9-7-8-10-29(28)23-33(32)26-39-20-19-27-15-16-31-24-36(18-17-30(31)21-27)37(34-11-3-1-4-12-34)35-13-5-2-6-14-35/h1-25H,26H2/b20-19-. The molecule has 6 aromatic rings. The number of rotatable bonds is 8. The quantitative estimate of drug-likeness (QED) is 0.152. The average Bonchev–Trinajstić information content (AvgIpc) is 3.00. The minimum atomic E-state index is 0.334. The van der Waals surface area contributed by atoms with Crippen molar-refractivity contribution in [1.82, 2.24) is 0 Å². The van der Waals surface area contributed by atoms with E-state index in [1.165, 1.54) is 0 Å². The minimum absolute atomic E-state index is 0.334. The number of anilines is 3. The Bertz CT molecular complexity index is 1740. The van der Waals surface area contributed by atoms with E-state index in [2.05, 4.69) is 89.8 Å². The van der Waals surface area contributed by atoms with Crippen LogP contribution in [0.15, 0.2) is 140 Å². The third-order valence-electron chi connectivity index (χ3n) is 6.86. The number of benzene rings is 6. The van der Waals surface area contributed by atoms with Crippen LogP contribution in [0.5, 0.6) is 0 Å². The Hall–Kier alpha value is -5.15. The Balaban J connectivity index is 1.21. The summed E-state index contributed by atoms with van der Waals surface area (Å²) >= 11 is 0. The summed E-state index contributed by atoms with van der Waals surface area (Å²) in [7, 11) is 0. The van der Waals surface area contributed by atoms with Crippen LogP contribution in [0, 0.1) is 0 Å². The van der Waals surface area contributed by atoms with Crippen LogP contribution in [0.25, 0.3) is 27.6 Å². The van der Waals surface area contributed by atoms with Crippen molar-refractivity contribution < 1.29 is 9.53 Å². The first-order valence-corrected chi connectivity index (χ1v) is 13.0. The van der Waals surface area contributed by atoms with Crippen molar-refractivity contribution in [2.75, 3.05) is 4.90 Å². The van der Waals surface area contributed by atoms with Crippen molar-refractivity contribution in [2.45, 2.75) is 6.61 Å². The predicted octanol–water partition coefficient (Wildman–Crippen LogP) is 9.46. The first-order valence-electron chi connectivity index (χ1n) is 13.0. The molecular formula is C36H27NO2. The third-order valence-corrected chi connectivity index (χ3v) is 6.86. The number of para-hydroxylation sites is 2. The summed E-state index contributed by atoms with van der Waals surface area (Å²) in [6.45, 7) is 0.334. The molecule has 0 aliphatic rings. The maximum atomic E-state index is 11.6. The highest BCUT2D eigenvalue weighted by molar-refractivity contribution is 5.91. The fourth-order valence-electron chi connectivity index (χ4n) is 4.90. The smallest absolute Gasteiger partial charge is 0.150 e. The van der Waals surface area contributed by atoms with Crippen LogP contribution in [0.4, 0.5) is 17.1 Å². The van der Waals surface area contributed by atoms with Gasteiger partial charge >= 0.3 is 0 Å². The van der Waals surface area contributed by atoms with Gasteiger partial charge in [-0.2, -0.15) is 0 Å². The highest BCUT2D eigenvalue weighted by atomic mass is 16.5. The van der Waals surface area contributed by atoms with Crippen LogP contribution in [0.2, 0.25) is 0 Å². The van der Waals surface area contributed by atoms with E-state index in [-0.39, 0.29) is 0 Å². The van der Waals surface area contributed by atoms with E-state index in [4.69, 9.17) is 4.74 Å². The van der Waals surface area contributed by atoms with Crippen LogP contribution in [0.3, 0.4) is 0 Å². The van der Waals surface area contributed by atoms with Gasteiger partial charge in [0.25, 0.3) is 0 Å². The topological polar surface area (TPSA) is 29.5 Å². The Morgan fingerprint density at radius 1 is 0.564 bits per heavy atom. The van der Waals surface area contributed by atoms with E-state index in [0.717, 1.165) is 56.0 Å². The summed E-state index contributed by atoms with van der Waals surface area (Å²) in [6.07, 6.45) is 4.55. The molecule has 0 N–H and O–H groups in total. The molecule has 0 heterocycles. The maximum Gasteiger partial charge on any atom is 0.150 e. The van der Waals surface area contributed by atoms with E-state index >= 15 is 0 Å². The minimum Gasteiger partial charge on any atom is -0.496 e. The van der Waals surface area contributed by atoms with Crippen LogP contribution in [-0.2, 0) is 11.3 Å². The fraction of sp³-hybridized carbons (Fsp3) is 0.0278. The molecule has 0 radical (unpaired) electrons. The molecule has 39 heavy (non-hydrogen) atoms. The average molecular weight is 506 g/mol. The van der Waals surface area contributed by atoms with Crippen molar-refractivity contribution in [2.24, 2.45) is 0 Å².